The van der Waals surface area contributed by atoms with Gasteiger partial charge in [-0.3, -0.25) is 0 Å². The summed E-state index contributed by atoms with van der Waals surface area (Å²) in [6.07, 6.45) is 20.5. The number of rotatable bonds is 5. The molecule has 4 aliphatic rings. The van der Waals surface area contributed by atoms with Gasteiger partial charge in [-0.05, 0) is 104 Å². The molecule has 4 aliphatic carbocycles. The molecule has 0 aromatic carbocycles. The van der Waals surface area contributed by atoms with Crippen molar-refractivity contribution in [1.82, 2.24) is 0 Å². The maximum atomic E-state index is 2.76. The molecule has 4 rings (SSSR count). The predicted molar refractivity (Wildman–Crippen MR) is 127 cm³/mol. The van der Waals surface area contributed by atoms with Crippen LogP contribution in [0.25, 0.3) is 0 Å². The first-order chi connectivity index (χ1) is 13.8. The number of hydrogen-bond acceptors (Lipinski definition) is 0. The standard InChI is InChI=1S/C29H50/c1-20(2)9-7-10-22(4)25-11-8-12-26-24-14-13-23-19-21(3)15-17-28(23,5)27(24)16-18-29(25,26)6/h13,20-22,24-27H,7-12,14-19H2,1-6H3/t21-,22+,24-,25+,26?,27?,28-,29+/m0/s1. The van der Waals surface area contributed by atoms with Gasteiger partial charge in [0.2, 0.25) is 0 Å². The molecule has 29 heavy (non-hydrogen) atoms. The van der Waals surface area contributed by atoms with Gasteiger partial charge in [-0.25, -0.2) is 0 Å². The van der Waals surface area contributed by atoms with Crippen molar-refractivity contribution in [3.63, 3.8) is 0 Å². The first kappa shape index (κ1) is 22.0. The van der Waals surface area contributed by atoms with E-state index in [0.29, 0.717) is 10.8 Å². The molecule has 0 bridgehead atoms. The van der Waals surface area contributed by atoms with Gasteiger partial charge in [0.1, 0.15) is 0 Å². The minimum Gasteiger partial charge on any atom is -0.0845 e. The van der Waals surface area contributed by atoms with Gasteiger partial charge >= 0.3 is 0 Å². The number of fused-ring (bicyclic) bond motifs is 5. The molecule has 0 heteroatoms. The van der Waals surface area contributed by atoms with Crippen LogP contribution < -0.4 is 0 Å². The average Bonchev–Trinajstić information content (AvgIpc) is 2.67. The van der Waals surface area contributed by atoms with Crippen molar-refractivity contribution in [1.29, 1.82) is 0 Å². The first-order valence-corrected chi connectivity index (χ1v) is 13.4. The van der Waals surface area contributed by atoms with Crippen molar-refractivity contribution in [2.24, 2.45) is 52.3 Å². The molecule has 2 unspecified atom stereocenters. The molecular weight excluding hydrogens is 348 g/mol. The molecule has 0 nitrogen and oxygen atoms in total. The van der Waals surface area contributed by atoms with Crippen LogP contribution in [0.15, 0.2) is 11.6 Å². The Bertz CT molecular complexity index is 599. The first-order valence-electron chi connectivity index (χ1n) is 13.4. The SMILES string of the molecule is CC(C)CCC[C@@H](C)[C@H]1CCCC2[C@@H]3CC=C4C[C@@H](C)CC[C@]4(C)C3CC[C@@]21C. The van der Waals surface area contributed by atoms with Crippen LogP contribution in [-0.4, -0.2) is 0 Å². The lowest BCUT2D eigenvalue weighted by Crippen LogP contribution is -2.54. The zero-order valence-electron chi connectivity index (χ0n) is 20.6. The van der Waals surface area contributed by atoms with Gasteiger partial charge < -0.3 is 0 Å². The average molecular weight is 399 g/mol. The summed E-state index contributed by atoms with van der Waals surface area (Å²) in [6.45, 7) is 15.3. The molecule has 0 aromatic heterocycles. The van der Waals surface area contributed by atoms with Gasteiger partial charge in [-0.1, -0.05) is 78.9 Å². The van der Waals surface area contributed by atoms with Gasteiger partial charge in [0.25, 0.3) is 0 Å². The smallest absolute Gasteiger partial charge is 0.00851 e. The summed E-state index contributed by atoms with van der Waals surface area (Å²) < 4.78 is 0. The Morgan fingerprint density at radius 2 is 1.76 bits per heavy atom. The van der Waals surface area contributed by atoms with Gasteiger partial charge in [0, 0.05) is 0 Å². The van der Waals surface area contributed by atoms with Crippen molar-refractivity contribution in [3.05, 3.63) is 11.6 Å². The normalized spacial score (nSPS) is 45.8. The second-order valence-corrected chi connectivity index (χ2v) is 13.0. The molecule has 3 fully saturated rings. The Kier molecular flexibility index (Phi) is 6.32. The van der Waals surface area contributed by atoms with E-state index in [1.54, 1.807) is 0 Å². The summed E-state index contributed by atoms with van der Waals surface area (Å²) in [5.74, 6) is 6.68. The lowest BCUT2D eigenvalue weighted by molar-refractivity contribution is -0.107. The fourth-order valence-electron chi connectivity index (χ4n) is 9.07. The largest absolute Gasteiger partial charge is 0.0845 e. The van der Waals surface area contributed by atoms with Crippen LogP contribution in [0, 0.1) is 52.3 Å². The third kappa shape index (κ3) is 3.89. The van der Waals surface area contributed by atoms with E-state index in [1.807, 2.05) is 5.57 Å². The van der Waals surface area contributed by atoms with Crippen LogP contribution in [0.3, 0.4) is 0 Å². The van der Waals surface area contributed by atoms with Crippen LogP contribution in [0.5, 0.6) is 0 Å². The minimum absolute atomic E-state index is 0.548. The highest BCUT2D eigenvalue weighted by Crippen LogP contribution is 2.66. The highest BCUT2D eigenvalue weighted by molar-refractivity contribution is 5.24. The van der Waals surface area contributed by atoms with Crippen molar-refractivity contribution >= 4 is 0 Å². The molecule has 3 saturated carbocycles. The Morgan fingerprint density at radius 3 is 2.52 bits per heavy atom. The summed E-state index contributed by atoms with van der Waals surface area (Å²) in [7, 11) is 0. The summed E-state index contributed by atoms with van der Waals surface area (Å²) in [4.78, 5) is 0. The van der Waals surface area contributed by atoms with Crippen molar-refractivity contribution in [2.45, 2.75) is 119 Å². The van der Waals surface area contributed by atoms with E-state index >= 15 is 0 Å². The molecule has 0 aromatic rings. The molecule has 0 heterocycles. The third-order valence-electron chi connectivity index (χ3n) is 10.8. The van der Waals surface area contributed by atoms with E-state index in [-0.39, 0.29) is 0 Å². The maximum Gasteiger partial charge on any atom is -0.00851 e. The maximum absolute atomic E-state index is 2.76. The highest BCUT2D eigenvalue weighted by atomic mass is 14.6. The quantitative estimate of drug-likeness (QED) is 0.405. The van der Waals surface area contributed by atoms with Crippen LogP contribution >= 0.6 is 0 Å². The lowest BCUT2D eigenvalue weighted by Gasteiger charge is -2.62. The van der Waals surface area contributed by atoms with E-state index < -0.39 is 0 Å². The van der Waals surface area contributed by atoms with E-state index in [2.05, 4.69) is 47.6 Å². The van der Waals surface area contributed by atoms with Crippen LogP contribution in [0.1, 0.15) is 119 Å². The second-order valence-electron chi connectivity index (χ2n) is 13.0. The molecule has 0 saturated heterocycles. The molecule has 0 spiro atoms. The summed E-state index contributed by atoms with van der Waals surface area (Å²) in [6, 6.07) is 0. The second kappa shape index (κ2) is 8.35. The Morgan fingerprint density at radius 1 is 0.966 bits per heavy atom. The number of hydrogen-bond donors (Lipinski definition) is 0. The van der Waals surface area contributed by atoms with E-state index in [1.165, 1.54) is 77.0 Å². The molecule has 166 valence electrons. The summed E-state index contributed by atoms with van der Waals surface area (Å²) in [5, 5.41) is 0. The van der Waals surface area contributed by atoms with E-state index in [0.717, 1.165) is 41.4 Å². The highest BCUT2D eigenvalue weighted by Gasteiger charge is 2.57. The van der Waals surface area contributed by atoms with Crippen molar-refractivity contribution in [2.75, 3.05) is 0 Å². The Balaban J connectivity index is 1.52. The van der Waals surface area contributed by atoms with Crippen LogP contribution in [-0.2, 0) is 0 Å². The van der Waals surface area contributed by atoms with Crippen LogP contribution in [0.2, 0.25) is 0 Å². The van der Waals surface area contributed by atoms with Gasteiger partial charge in [-0.2, -0.15) is 0 Å². The predicted octanol–water partition coefficient (Wildman–Crippen LogP) is 9.05. The van der Waals surface area contributed by atoms with Crippen molar-refractivity contribution < 1.29 is 0 Å². The van der Waals surface area contributed by atoms with Gasteiger partial charge in [-0.15, -0.1) is 0 Å². The summed E-state index contributed by atoms with van der Waals surface area (Å²) in [5.41, 5.74) is 3.04. The van der Waals surface area contributed by atoms with Crippen LogP contribution in [0.4, 0.5) is 0 Å². The summed E-state index contributed by atoms with van der Waals surface area (Å²) >= 11 is 0. The molecule has 8 atom stereocenters. The molecule has 0 N–H and O–H groups in total. The Hall–Kier alpha value is -0.260. The molecular formula is C29H50. The number of allylic oxidation sites excluding steroid dienone is 2. The lowest BCUT2D eigenvalue weighted by atomic mass is 9.42. The van der Waals surface area contributed by atoms with Crippen molar-refractivity contribution in [3.8, 4) is 0 Å². The van der Waals surface area contributed by atoms with E-state index in [4.69, 9.17) is 0 Å². The van der Waals surface area contributed by atoms with Gasteiger partial charge in [0.15, 0.2) is 0 Å². The monoisotopic (exact) mass is 398 g/mol. The fourth-order valence-corrected chi connectivity index (χ4v) is 9.07. The Labute approximate surface area is 182 Å². The minimum atomic E-state index is 0.548. The zero-order valence-corrected chi connectivity index (χ0v) is 20.6. The third-order valence-corrected chi connectivity index (χ3v) is 10.8. The molecule has 0 amide bonds. The van der Waals surface area contributed by atoms with Gasteiger partial charge in [0.05, 0.1) is 0 Å². The van der Waals surface area contributed by atoms with E-state index in [9.17, 15) is 0 Å². The zero-order chi connectivity index (χ0) is 20.8. The molecule has 0 aliphatic heterocycles. The topological polar surface area (TPSA) is 0 Å². The fraction of sp³-hybridized carbons (Fsp3) is 0.931. The molecule has 0 radical (unpaired) electrons.